The summed E-state index contributed by atoms with van der Waals surface area (Å²) in [5, 5.41) is 8.11. The SMILES string of the molecule is O=C(CC[C@@H]1NC(=O)c2ccccc2NC1=O)Nc1cccc(N2CCCCS2(=O)=O)c1. The van der Waals surface area contributed by atoms with Gasteiger partial charge in [0.25, 0.3) is 5.91 Å². The molecule has 1 atom stereocenters. The molecule has 32 heavy (non-hydrogen) atoms. The topological polar surface area (TPSA) is 125 Å². The van der Waals surface area contributed by atoms with Gasteiger partial charge in [0.15, 0.2) is 0 Å². The van der Waals surface area contributed by atoms with Crippen LogP contribution in [0.3, 0.4) is 0 Å². The van der Waals surface area contributed by atoms with Crippen LogP contribution in [0.4, 0.5) is 17.1 Å². The van der Waals surface area contributed by atoms with E-state index in [9.17, 15) is 22.8 Å². The monoisotopic (exact) mass is 456 g/mol. The Morgan fingerprint density at radius 3 is 2.72 bits per heavy atom. The maximum absolute atomic E-state index is 12.5. The van der Waals surface area contributed by atoms with Crippen LogP contribution < -0.4 is 20.3 Å². The summed E-state index contributed by atoms with van der Waals surface area (Å²) in [5.74, 6) is -0.983. The predicted molar refractivity (Wildman–Crippen MR) is 121 cm³/mol. The highest BCUT2D eigenvalue weighted by Gasteiger charge is 2.28. The Kier molecular flexibility index (Phi) is 6.13. The molecule has 9 nitrogen and oxygen atoms in total. The summed E-state index contributed by atoms with van der Waals surface area (Å²) in [6, 6.07) is 12.5. The van der Waals surface area contributed by atoms with E-state index in [1.807, 2.05) is 0 Å². The fraction of sp³-hybridized carbons (Fsp3) is 0.318. The zero-order chi connectivity index (χ0) is 22.7. The number of fused-ring (bicyclic) bond motifs is 1. The fourth-order valence-electron chi connectivity index (χ4n) is 3.83. The van der Waals surface area contributed by atoms with Crippen LogP contribution in [-0.4, -0.2) is 44.5 Å². The molecular weight excluding hydrogens is 432 g/mol. The summed E-state index contributed by atoms with van der Waals surface area (Å²) in [6.07, 6.45) is 1.55. The van der Waals surface area contributed by atoms with E-state index in [4.69, 9.17) is 0 Å². The number of para-hydroxylation sites is 1. The number of carbonyl (C=O) groups excluding carboxylic acids is 3. The second-order valence-corrected chi connectivity index (χ2v) is 9.81. The van der Waals surface area contributed by atoms with E-state index in [2.05, 4.69) is 16.0 Å². The maximum Gasteiger partial charge on any atom is 0.254 e. The number of amides is 3. The number of nitrogens with one attached hydrogen (secondary N) is 3. The van der Waals surface area contributed by atoms with E-state index in [1.54, 1.807) is 48.5 Å². The Balaban J connectivity index is 1.37. The number of hydrogen-bond donors (Lipinski definition) is 3. The average molecular weight is 457 g/mol. The van der Waals surface area contributed by atoms with Gasteiger partial charge >= 0.3 is 0 Å². The Hall–Kier alpha value is -3.40. The van der Waals surface area contributed by atoms with Crippen molar-refractivity contribution in [2.75, 3.05) is 27.2 Å². The molecule has 0 bridgehead atoms. The van der Waals surface area contributed by atoms with Crippen LogP contribution in [0.25, 0.3) is 0 Å². The van der Waals surface area contributed by atoms with Crippen molar-refractivity contribution in [2.24, 2.45) is 0 Å². The van der Waals surface area contributed by atoms with Gasteiger partial charge in [0.1, 0.15) is 6.04 Å². The highest BCUT2D eigenvalue weighted by atomic mass is 32.2. The van der Waals surface area contributed by atoms with E-state index >= 15 is 0 Å². The van der Waals surface area contributed by atoms with E-state index in [0.717, 1.165) is 6.42 Å². The Morgan fingerprint density at radius 1 is 1.09 bits per heavy atom. The summed E-state index contributed by atoms with van der Waals surface area (Å²) < 4.78 is 26.0. The average Bonchev–Trinajstić information content (AvgIpc) is 2.88. The highest BCUT2D eigenvalue weighted by molar-refractivity contribution is 7.92. The van der Waals surface area contributed by atoms with E-state index < -0.39 is 16.1 Å². The van der Waals surface area contributed by atoms with Gasteiger partial charge in [0.2, 0.25) is 21.8 Å². The molecule has 3 amide bonds. The first kappa shape index (κ1) is 21.8. The van der Waals surface area contributed by atoms with Crippen LogP contribution in [0.1, 0.15) is 36.0 Å². The standard InChI is InChI=1S/C22H24N4O5S/c27-20(11-10-19-22(29)24-18-9-2-1-8-17(18)21(28)25-19)23-15-6-5-7-16(14-15)26-12-3-4-13-32(26,30)31/h1-2,5-9,14,19H,3-4,10-13H2,(H,23,27)(H,24,29)(H,25,28)/t19-/m0/s1. The van der Waals surface area contributed by atoms with Crippen LogP contribution in [0.15, 0.2) is 48.5 Å². The molecule has 2 heterocycles. The lowest BCUT2D eigenvalue weighted by Gasteiger charge is -2.28. The summed E-state index contributed by atoms with van der Waals surface area (Å²) in [5.41, 5.74) is 1.79. The van der Waals surface area contributed by atoms with Gasteiger partial charge in [-0.15, -0.1) is 0 Å². The number of nitrogens with zero attached hydrogens (tertiary/aromatic N) is 1. The third-order valence-corrected chi connectivity index (χ3v) is 7.35. The number of hydrogen-bond acceptors (Lipinski definition) is 5. The van der Waals surface area contributed by atoms with Crippen molar-refractivity contribution in [3.05, 3.63) is 54.1 Å². The minimum absolute atomic E-state index is 0.000945. The molecule has 2 aromatic carbocycles. The Morgan fingerprint density at radius 2 is 1.91 bits per heavy atom. The van der Waals surface area contributed by atoms with Crippen LogP contribution >= 0.6 is 0 Å². The number of benzene rings is 2. The molecule has 0 unspecified atom stereocenters. The molecule has 0 aliphatic carbocycles. The molecule has 4 rings (SSSR count). The first-order valence-electron chi connectivity index (χ1n) is 10.4. The lowest BCUT2D eigenvalue weighted by molar-refractivity contribution is -0.118. The van der Waals surface area contributed by atoms with Gasteiger partial charge in [0, 0.05) is 18.7 Å². The van der Waals surface area contributed by atoms with Gasteiger partial charge in [-0.3, -0.25) is 18.7 Å². The number of anilines is 3. The van der Waals surface area contributed by atoms with Crippen LogP contribution in [0, 0.1) is 0 Å². The molecule has 2 aliphatic heterocycles. The molecule has 0 saturated carbocycles. The second kappa shape index (κ2) is 8.99. The van der Waals surface area contributed by atoms with Gasteiger partial charge in [-0.25, -0.2) is 8.42 Å². The van der Waals surface area contributed by atoms with Gasteiger partial charge in [0.05, 0.1) is 22.7 Å². The number of sulfonamides is 1. The largest absolute Gasteiger partial charge is 0.340 e. The molecule has 0 radical (unpaired) electrons. The lowest BCUT2D eigenvalue weighted by Crippen LogP contribution is -2.41. The first-order chi connectivity index (χ1) is 15.3. The smallest absolute Gasteiger partial charge is 0.254 e. The summed E-state index contributed by atoms with van der Waals surface area (Å²) in [7, 11) is -3.35. The lowest BCUT2D eigenvalue weighted by atomic mass is 10.1. The number of carbonyl (C=O) groups is 3. The quantitative estimate of drug-likeness (QED) is 0.635. The van der Waals surface area contributed by atoms with Crippen molar-refractivity contribution in [2.45, 2.75) is 31.7 Å². The molecule has 0 aromatic heterocycles. The zero-order valence-corrected chi connectivity index (χ0v) is 18.2. The Bertz CT molecular complexity index is 1160. The summed E-state index contributed by atoms with van der Waals surface area (Å²) in [4.78, 5) is 37.3. The Labute approximate surface area is 186 Å². The van der Waals surface area contributed by atoms with Gasteiger partial charge in [-0.1, -0.05) is 18.2 Å². The molecule has 1 fully saturated rings. The van der Waals surface area contributed by atoms with Crippen molar-refractivity contribution in [3.8, 4) is 0 Å². The van der Waals surface area contributed by atoms with E-state index in [0.29, 0.717) is 35.6 Å². The minimum atomic E-state index is -3.35. The van der Waals surface area contributed by atoms with E-state index in [-0.39, 0.29) is 36.3 Å². The van der Waals surface area contributed by atoms with Crippen molar-refractivity contribution in [1.82, 2.24) is 5.32 Å². The maximum atomic E-state index is 12.5. The molecular formula is C22H24N4O5S. The minimum Gasteiger partial charge on any atom is -0.340 e. The van der Waals surface area contributed by atoms with Crippen molar-refractivity contribution < 1.29 is 22.8 Å². The fourth-order valence-corrected chi connectivity index (χ4v) is 5.46. The van der Waals surface area contributed by atoms with Crippen LogP contribution in [-0.2, 0) is 19.6 Å². The third kappa shape index (κ3) is 4.75. The van der Waals surface area contributed by atoms with Gasteiger partial charge in [-0.05, 0) is 49.6 Å². The third-order valence-electron chi connectivity index (χ3n) is 5.48. The molecule has 168 valence electrons. The van der Waals surface area contributed by atoms with Crippen molar-refractivity contribution in [1.29, 1.82) is 0 Å². The zero-order valence-electron chi connectivity index (χ0n) is 17.3. The predicted octanol–water partition coefficient (Wildman–Crippen LogP) is 2.09. The molecule has 1 saturated heterocycles. The molecule has 2 aromatic rings. The van der Waals surface area contributed by atoms with Gasteiger partial charge in [-0.2, -0.15) is 0 Å². The first-order valence-corrected chi connectivity index (χ1v) is 12.1. The second-order valence-electron chi connectivity index (χ2n) is 7.79. The number of rotatable bonds is 5. The molecule has 0 spiro atoms. The molecule has 10 heteroatoms. The van der Waals surface area contributed by atoms with Gasteiger partial charge < -0.3 is 16.0 Å². The van der Waals surface area contributed by atoms with Crippen molar-refractivity contribution in [3.63, 3.8) is 0 Å². The highest BCUT2D eigenvalue weighted by Crippen LogP contribution is 2.26. The molecule has 3 N–H and O–H groups in total. The summed E-state index contributed by atoms with van der Waals surface area (Å²) in [6.45, 7) is 0.415. The van der Waals surface area contributed by atoms with Crippen molar-refractivity contribution >= 4 is 44.8 Å². The van der Waals surface area contributed by atoms with Crippen LogP contribution in [0.5, 0.6) is 0 Å². The molecule has 2 aliphatic rings. The van der Waals surface area contributed by atoms with E-state index in [1.165, 1.54) is 4.31 Å². The summed E-state index contributed by atoms with van der Waals surface area (Å²) >= 11 is 0. The normalized spacial score (nSPS) is 19.9. The van der Waals surface area contributed by atoms with Crippen LogP contribution in [0.2, 0.25) is 0 Å².